The average molecular weight is 736 g/mol. The molecular weight excluding hydrogens is 700 g/mol. The summed E-state index contributed by atoms with van der Waals surface area (Å²) in [6.07, 6.45) is 0.141. The molecule has 0 heterocycles. The number of nitrogens with zero attached hydrogens (tertiary/aromatic N) is 2. The summed E-state index contributed by atoms with van der Waals surface area (Å²) in [4.78, 5) is 29.9. The molecule has 248 valence electrons. The molecule has 1 atom stereocenters. The van der Waals surface area contributed by atoms with Crippen LogP contribution in [0.15, 0.2) is 95.9 Å². The number of nitrogens with one attached hydrogen (secondary N) is 1. The van der Waals surface area contributed by atoms with Gasteiger partial charge in [0.25, 0.3) is 10.0 Å². The molecule has 0 aliphatic rings. The van der Waals surface area contributed by atoms with E-state index in [1.54, 1.807) is 30.3 Å². The lowest BCUT2D eigenvalue weighted by molar-refractivity contribution is -0.140. The molecule has 0 aliphatic carbocycles. The van der Waals surface area contributed by atoms with E-state index in [1.165, 1.54) is 35.2 Å². The van der Waals surface area contributed by atoms with Gasteiger partial charge in [-0.2, -0.15) is 0 Å². The lowest BCUT2D eigenvalue weighted by Gasteiger charge is -2.35. The smallest absolute Gasteiger partial charge is 0.264 e. The predicted molar refractivity (Wildman–Crippen MR) is 191 cm³/mol. The standard InChI is InChI=1S/C35H35Cl4N3O4S/c1-23-10-15-28(16-11-23)47(45,46)42(31-20-27(37)14-17-29(31)38)22-33(43)41(21-25-12-13-26(36)19-30(25)39)32(34(44)40-35(2,3)4)18-24-8-6-5-7-9-24/h5-17,19-20,32H,18,21-22H2,1-4H3,(H,40,44)/t32-/m1/s1. The Labute approximate surface area is 296 Å². The quantitative estimate of drug-likeness (QED) is 0.168. The summed E-state index contributed by atoms with van der Waals surface area (Å²) in [6.45, 7) is 6.53. The Kier molecular flexibility index (Phi) is 11.9. The molecule has 0 unspecified atom stereocenters. The first kappa shape index (κ1) is 36.6. The van der Waals surface area contributed by atoms with Crippen molar-refractivity contribution >= 4 is 73.9 Å². The van der Waals surface area contributed by atoms with Gasteiger partial charge in [0.1, 0.15) is 12.6 Å². The molecule has 0 aromatic heterocycles. The molecule has 0 aliphatic heterocycles. The normalized spacial score (nSPS) is 12.3. The van der Waals surface area contributed by atoms with E-state index in [0.717, 1.165) is 15.4 Å². The van der Waals surface area contributed by atoms with Crippen molar-refractivity contribution in [2.45, 2.75) is 57.1 Å². The molecule has 7 nitrogen and oxygen atoms in total. The van der Waals surface area contributed by atoms with E-state index < -0.39 is 40.0 Å². The Morgan fingerprint density at radius 1 is 0.809 bits per heavy atom. The highest BCUT2D eigenvalue weighted by molar-refractivity contribution is 7.92. The third-order valence-corrected chi connectivity index (χ3v) is 10.1. The van der Waals surface area contributed by atoms with Crippen LogP contribution in [0.1, 0.15) is 37.5 Å². The third kappa shape index (κ3) is 9.64. The highest BCUT2D eigenvalue weighted by atomic mass is 35.5. The molecule has 4 rings (SSSR count). The van der Waals surface area contributed by atoms with E-state index in [1.807, 2.05) is 58.0 Å². The molecule has 47 heavy (non-hydrogen) atoms. The molecule has 0 bridgehead atoms. The number of hydrogen-bond donors (Lipinski definition) is 1. The highest BCUT2D eigenvalue weighted by Gasteiger charge is 2.36. The third-order valence-electron chi connectivity index (χ3n) is 7.19. The molecule has 2 amide bonds. The van der Waals surface area contributed by atoms with Gasteiger partial charge in [-0.25, -0.2) is 8.42 Å². The van der Waals surface area contributed by atoms with Crippen LogP contribution in [-0.4, -0.2) is 43.3 Å². The minimum atomic E-state index is -4.36. The first-order chi connectivity index (χ1) is 22.0. The van der Waals surface area contributed by atoms with Crippen LogP contribution in [0.4, 0.5) is 5.69 Å². The topological polar surface area (TPSA) is 86.8 Å². The Balaban J connectivity index is 1.87. The monoisotopic (exact) mass is 733 g/mol. The van der Waals surface area contributed by atoms with Gasteiger partial charge in [-0.05, 0) is 81.3 Å². The average Bonchev–Trinajstić information content (AvgIpc) is 2.99. The van der Waals surface area contributed by atoms with Crippen LogP contribution in [0.5, 0.6) is 0 Å². The maximum atomic E-state index is 14.6. The molecule has 0 fully saturated rings. The molecule has 12 heteroatoms. The fraction of sp³-hybridized carbons (Fsp3) is 0.257. The number of carbonyl (C=O) groups is 2. The molecule has 4 aromatic rings. The second kappa shape index (κ2) is 15.3. The van der Waals surface area contributed by atoms with Gasteiger partial charge in [0.15, 0.2) is 0 Å². The zero-order valence-corrected chi connectivity index (χ0v) is 30.1. The minimum absolute atomic E-state index is 0.0105. The molecule has 0 saturated heterocycles. The summed E-state index contributed by atoms with van der Waals surface area (Å²) in [5.74, 6) is -1.10. The minimum Gasteiger partial charge on any atom is -0.350 e. The Morgan fingerprint density at radius 2 is 1.43 bits per heavy atom. The van der Waals surface area contributed by atoms with Crippen molar-refractivity contribution in [3.8, 4) is 0 Å². The number of rotatable bonds is 11. The molecular formula is C35H35Cl4N3O4S. The largest absolute Gasteiger partial charge is 0.350 e. The second-order valence-electron chi connectivity index (χ2n) is 12.1. The fourth-order valence-electron chi connectivity index (χ4n) is 4.87. The summed E-state index contributed by atoms with van der Waals surface area (Å²) in [7, 11) is -4.36. The van der Waals surface area contributed by atoms with Crippen LogP contribution in [0.25, 0.3) is 0 Å². The maximum absolute atomic E-state index is 14.6. The van der Waals surface area contributed by atoms with E-state index in [-0.39, 0.29) is 38.6 Å². The van der Waals surface area contributed by atoms with Crippen molar-refractivity contribution in [2.75, 3.05) is 10.8 Å². The van der Waals surface area contributed by atoms with Gasteiger partial charge in [-0.3, -0.25) is 13.9 Å². The van der Waals surface area contributed by atoms with E-state index in [4.69, 9.17) is 46.4 Å². The van der Waals surface area contributed by atoms with Gasteiger partial charge < -0.3 is 10.2 Å². The van der Waals surface area contributed by atoms with Gasteiger partial charge in [0, 0.05) is 33.6 Å². The number of anilines is 1. The van der Waals surface area contributed by atoms with Crippen molar-refractivity contribution in [1.29, 1.82) is 0 Å². The summed E-state index contributed by atoms with van der Waals surface area (Å²) >= 11 is 25.6. The number of sulfonamides is 1. The van der Waals surface area contributed by atoms with E-state index >= 15 is 0 Å². The second-order valence-corrected chi connectivity index (χ2v) is 15.7. The molecule has 4 aromatic carbocycles. The number of aryl methyl sites for hydroxylation is 1. The highest BCUT2D eigenvalue weighted by Crippen LogP contribution is 2.34. The molecule has 0 radical (unpaired) electrons. The van der Waals surface area contributed by atoms with Crippen LogP contribution in [0.2, 0.25) is 20.1 Å². The van der Waals surface area contributed by atoms with Crippen molar-refractivity contribution in [3.63, 3.8) is 0 Å². The Morgan fingerprint density at radius 3 is 2.04 bits per heavy atom. The van der Waals surface area contributed by atoms with Gasteiger partial charge >= 0.3 is 0 Å². The Hall–Kier alpha value is -3.27. The van der Waals surface area contributed by atoms with Crippen LogP contribution in [0, 0.1) is 6.92 Å². The molecule has 0 saturated carbocycles. The van der Waals surface area contributed by atoms with Crippen LogP contribution >= 0.6 is 46.4 Å². The SMILES string of the molecule is Cc1ccc(S(=O)(=O)N(CC(=O)N(Cc2ccc(Cl)cc2Cl)[C@H](Cc2ccccc2)C(=O)NC(C)(C)C)c2cc(Cl)ccc2Cl)cc1. The van der Waals surface area contributed by atoms with Crippen LogP contribution < -0.4 is 9.62 Å². The van der Waals surface area contributed by atoms with Gasteiger partial charge in [-0.1, -0.05) is 100 Å². The van der Waals surface area contributed by atoms with Crippen molar-refractivity contribution < 1.29 is 18.0 Å². The Bertz CT molecular complexity index is 1850. The summed E-state index contributed by atoms with van der Waals surface area (Å²) in [5, 5.41) is 3.96. The van der Waals surface area contributed by atoms with Crippen molar-refractivity contribution in [1.82, 2.24) is 10.2 Å². The lowest BCUT2D eigenvalue weighted by atomic mass is 10.0. The number of hydrogen-bond acceptors (Lipinski definition) is 4. The van der Waals surface area contributed by atoms with E-state index in [0.29, 0.717) is 10.6 Å². The van der Waals surface area contributed by atoms with Crippen LogP contribution in [0.3, 0.4) is 0 Å². The molecule has 1 N–H and O–H groups in total. The fourth-order valence-corrected chi connectivity index (χ4v) is 7.20. The van der Waals surface area contributed by atoms with E-state index in [9.17, 15) is 18.0 Å². The van der Waals surface area contributed by atoms with Gasteiger partial charge in [-0.15, -0.1) is 0 Å². The van der Waals surface area contributed by atoms with E-state index in [2.05, 4.69) is 5.32 Å². The maximum Gasteiger partial charge on any atom is 0.264 e. The number of amides is 2. The van der Waals surface area contributed by atoms with Gasteiger partial charge in [0.2, 0.25) is 11.8 Å². The van der Waals surface area contributed by atoms with Crippen molar-refractivity contribution in [2.24, 2.45) is 0 Å². The summed E-state index contributed by atoms with van der Waals surface area (Å²) in [6, 6.07) is 23.6. The zero-order chi connectivity index (χ0) is 34.5. The lowest BCUT2D eigenvalue weighted by Crippen LogP contribution is -2.56. The summed E-state index contributed by atoms with van der Waals surface area (Å²) in [5.41, 5.74) is 1.54. The van der Waals surface area contributed by atoms with Crippen LogP contribution in [-0.2, 0) is 32.6 Å². The van der Waals surface area contributed by atoms with Crippen molar-refractivity contribution in [3.05, 3.63) is 128 Å². The summed E-state index contributed by atoms with van der Waals surface area (Å²) < 4.78 is 29.4. The first-order valence-electron chi connectivity index (χ1n) is 14.7. The number of benzene rings is 4. The zero-order valence-electron chi connectivity index (χ0n) is 26.3. The molecule has 0 spiro atoms. The number of carbonyl (C=O) groups excluding carboxylic acids is 2. The number of halogens is 4. The predicted octanol–water partition coefficient (Wildman–Crippen LogP) is 8.36. The first-order valence-corrected chi connectivity index (χ1v) is 17.6. The van der Waals surface area contributed by atoms with Gasteiger partial charge in [0.05, 0.1) is 15.6 Å².